The number of carbonyl (C=O) groups is 1. The number of rotatable bonds is 5. The standard InChI is InChI=1S/C18H28N2O2S/c1-12(2)20-16(17(22-4)18(20)21)14-7-9-19(10-8-14)11-15-6-5-13(3)23-15/h5-6,12,14,16-17H,7-11H2,1-4H3/t16-,17+/m0/s1. The fourth-order valence-electron chi connectivity index (χ4n) is 4.06. The zero-order valence-electron chi connectivity index (χ0n) is 14.6. The van der Waals surface area contributed by atoms with E-state index in [0.29, 0.717) is 5.92 Å². The molecule has 2 aliphatic heterocycles. The molecule has 0 spiro atoms. The Morgan fingerprint density at radius 2 is 2.00 bits per heavy atom. The van der Waals surface area contributed by atoms with Crippen LogP contribution in [0.2, 0.25) is 0 Å². The SMILES string of the molecule is CO[C@H]1C(=O)N(C(C)C)[C@H]1C1CCN(Cc2ccc(C)s2)CC1. The topological polar surface area (TPSA) is 32.8 Å². The second-order valence-corrected chi connectivity index (χ2v) is 8.48. The molecule has 1 aromatic rings. The van der Waals surface area contributed by atoms with Crippen molar-refractivity contribution in [3.63, 3.8) is 0 Å². The Bertz CT molecular complexity index is 549. The van der Waals surface area contributed by atoms with Gasteiger partial charge in [0.05, 0.1) is 6.04 Å². The average Bonchev–Trinajstić information content (AvgIpc) is 2.91. The quantitative estimate of drug-likeness (QED) is 0.775. The van der Waals surface area contributed by atoms with Gasteiger partial charge in [-0.05, 0) is 64.8 Å². The predicted molar refractivity (Wildman–Crippen MR) is 93.6 cm³/mol. The smallest absolute Gasteiger partial charge is 0.254 e. The first-order valence-corrected chi connectivity index (χ1v) is 9.45. The van der Waals surface area contributed by atoms with Crippen molar-refractivity contribution < 1.29 is 9.53 Å². The van der Waals surface area contributed by atoms with Crippen LogP contribution in [0.4, 0.5) is 0 Å². The Kier molecular flexibility index (Phi) is 5.09. The number of methoxy groups -OCH3 is 1. The zero-order chi connectivity index (χ0) is 16.6. The van der Waals surface area contributed by atoms with Crippen molar-refractivity contribution in [3.8, 4) is 0 Å². The molecule has 0 aliphatic carbocycles. The highest BCUT2D eigenvalue weighted by atomic mass is 32.1. The minimum Gasteiger partial charge on any atom is -0.369 e. The lowest BCUT2D eigenvalue weighted by atomic mass is 9.79. The lowest BCUT2D eigenvalue weighted by molar-refractivity contribution is -0.181. The third-order valence-electron chi connectivity index (χ3n) is 5.23. The maximum absolute atomic E-state index is 12.2. The molecule has 0 unspecified atom stereocenters. The molecule has 4 nitrogen and oxygen atoms in total. The highest BCUT2D eigenvalue weighted by Gasteiger charge is 2.52. The van der Waals surface area contributed by atoms with Crippen LogP contribution < -0.4 is 0 Å². The molecule has 3 rings (SSSR count). The van der Waals surface area contributed by atoms with E-state index >= 15 is 0 Å². The van der Waals surface area contributed by atoms with Crippen LogP contribution in [-0.4, -0.2) is 54.1 Å². The first-order valence-electron chi connectivity index (χ1n) is 8.64. The molecule has 2 aliphatic rings. The molecule has 2 atom stereocenters. The van der Waals surface area contributed by atoms with E-state index in [0.717, 1.165) is 32.5 Å². The fourth-order valence-corrected chi connectivity index (χ4v) is 4.99. The summed E-state index contributed by atoms with van der Waals surface area (Å²) in [6, 6.07) is 5.00. The summed E-state index contributed by atoms with van der Waals surface area (Å²) in [6.07, 6.45) is 2.10. The first kappa shape index (κ1) is 16.9. The number of nitrogens with zero attached hydrogens (tertiary/aromatic N) is 2. The molecule has 2 saturated heterocycles. The summed E-state index contributed by atoms with van der Waals surface area (Å²) in [5, 5.41) is 0. The Hall–Kier alpha value is -0.910. The van der Waals surface area contributed by atoms with Gasteiger partial charge in [-0.15, -0.1) is 11.3 Å². The number of piperidine rings is 1. The molecule has 1 amide bonds. The molecule has 5 heteroatoms. The highest BCUT2D eigenvalue weighted by molar-refractivity contribution is 7.11. The molecule has 3 heterocycles. The van der Waals surface area contributed by atoms with Crippen molar-refractivity contribution in [1.29, 1.82) is 0 Å². The normalized spacial score (nSPS) is 26.8. The van der Waals surface area contributed by atoms with Crippen molar-refractivity contribution in [2.75, 3.05) is 20.2 Å². The van der Waals surface area contributed by atoms with Crippen LogP contribution in [0.3, 0.4) is 0 Å². The fraction of sp³-hybridized carbons (Fsp3) is 0.722. The van der Waals surface area contributed by atoms with Gasteiger partial charge in [-0.2, -0.15) is 0 Å². The number of amides is 1. The number of hydrogen-bond donors (Lipinski definition) is 0. The van der Waals surface area contributed by atoms with Crippen LogP contribution in [0, 0.1) is 12.8 Å². The average molecular weight is 337 g/mol. The Morgan fingerprint density at radius 1 is 1.30 bits per heavy atom. The molecule has 0 aromatic carbocycles. The molecule has 128 valence electrons. The predicted octanol–water partition coefficient (Wildman–Crippen LogP) is 2.90. The minimum atomic E-state index is -0.214. The summed E-state index contributed by atoms with van der Waals surface area (Å²) in [7, 11) is 1.67. The van der Waals surface area contributed by atoms with E-state index in [1.165, 1.54) is 9.75 Å². The van der Waals surface area contributed by atoms with Crippen LogP contribution >= 0.6 is 11.3 Å². The number of hydrogen-bond acceptors (Lipinski definition) is 4. The Morgan fingerprint density at radius 3 is 2.52 bits per heavy atom. The van der Waals surface area contributed by atoms with E-state index in [4.69, 9.17) is 4.74 Å². The van der Waals surface area contributed by atoms with Crippen molar-refractivity contribution in [3.05, 3.63) is 21.9 Å². The van der Waals surface area contributed by atoms with Crippen molar-refractivity contribution in [2.45, 2.75) is 58.3 Å². The van der Waals surface area contributed by atoms with Gasteiger partial charge in [0.2, 0.25) is 0 Å². The summed E-state index contributed by atoms with van der Waals surface area (Å²) in [6.45, 7) is 9.68. The highest BCUT2D eigenvalue weighted by Crippen LogP contribution is 2.36. The summed E-state index contributed by atoms with van der Waals surface area (Å²) >= 11 is 1.90. The number of thiophene rings is 1. The molecule has 0 N–H and O–H groups in total. The van der Waals surface area contributed by atoms with Crippen LogP contribution in [0.15, 0.2) is 12.1 Å². The maximum Gasteiger partial charge on any atom is 0.254 e. The van der Waals surface area contributed by atoms with E-state index in [1.807, 2.05) is 16.2 Å². The zero-order valence-corrected chi connectivity index (χ0v) is 15.4. The van der Waals surface area contributed by atoms with Gasteiger partial charge in [-0.25, -0.2) is 0 Å². The summed E-state index contributed by atoms with van der Waals surface area (Å²) < 4.78 is 5.47. The van der Waals surface area contributed by atoms with E-state index < -0.39 is 0 Å². The van der Waals surface area contributed by atoms with Crippen molar-refractivity contribution in [2.24, 2.45) is 5.92 Å². The molecule has 0 saturated carbocycles. The molecule has 1 aromatic heterocycles. The first-order chi connectivity index (χ1) is 11.0. The number of likely N-dealkylation sites (tertiary alicyclic amines) is 2. The van der Waals surface area contributed by atoms with Crippen molar-refractivity contribution >= 4 is 17.2 Å². The largest absolute Gasteiger partial charge is 0.369 e. The van der Waals surface area contributed by atoms with Gasteiger partial charge in [-0.3, -0.25) is 9.69 Å². The lowest BCUT2D eigenvalue weighted by Gasteiger charge is -2.53. The lowest BCUT2D eigenvalue weighted by Crippen LogP contribution is -2.70. The molecule has 23 heavy (non-hydrogen) atoms. The van der Waals surface area contributed by atoms with Crippen molar-refractivity contribution in [1.82, 2.24) is 9.80 Å². The second-order valence-electron chi connectivity index (χ2n) is 7.11. The van der Waals surface area contributed by atoms with Crippen LogP contribution in [0.5, 0.6) is 0 Å². The van der Waals surface area contributed by atoms with E-state index in [-0.39, 0.29) is 24.1 Å². The Balaban J connectivity index is 1.56. The van der Waals surface area contributed by atoms with Gasteiger partial charge in [0.15, 0.2) is 6.10 Å². The summed E-state index contributed by atoms with van der Waals surface area (Å²) in [5.74, 6) is 0.741. The van der Waals surface area contributed by atoms with Gasteiger partial charge >= 0.3 is 0 Å². The summed E-state index contributed by atoms with van der Waals surface area (Å²) in [4.78, 5) is 19.6. The van der Waals surface area contributed by atoms with Gasteiger partial charge in [-0.1, -0.05) is 0 Å². The van der Waals surface area contributed by atoms with E-state index in [2.05, 4.69) is 37.8 Å². The maximum atomic E-state index is 12.2. The second kappa shape index (κ2) is 6.91. The van der Waals surface area contributed by atoms with Gasteiger partial charge in [0, 0.05) is 29.5 Å². The third kappa shape index (κ3) is 3.32. The number of β-lactam (4-membered cyclic amide) rings is 1. The number of aryl methyl sites for hydroxylation is 1. The van der Waals surface area contributed by atoms with Gasteiger partial charge < -0.3 is 9.64 Å². The molecule has 0 radical (unpaired) electrons. The number of ether oxygens (including phenoxy) is 1. The monoisotopic (exact) mass is 336 g/mol. The van der Waals surface area contributed by atoms with Crippen LogP contribution in [0.1, 0.15) is 36.4 Å². The molecular weight excluding hydrogens is 308 g/mol. The Labute approximate surface area is 143 Å². The van der Waals surface area contributed by atoms with Crippen LogP contribution in [-0.2, 0) is 16.1 Å². The van der Waals surface area contributed by atoms with E-state index in [9.17, 15) is 4.79 Å². The molecule has 0 bridgehead atoms. The number of carbonyl (C=O) groups excluding carboxylic acids is 1. The molecule has 2 fully saturated rings. The third-order valence-corrected chi connectivity index (χ3v) is 6.22. The van der Waals surface area contributed by atoms with Crippen LogP contribution in [0.25, 0.3) is 0 Å². The summed E-state index contributed by atoms with van der Waals surface area (Å²) in [5.41, 5.74) is 0. The minimum absolute atomic E-state index is 0.170. The van der Waals surface area contributed by atoms with Gasteiger partial charge in [0.1, 0.15) is 0 Å². The van der Waals surface area contributed by atoms with Gasteiger partial charge in [0.25, 0.3) is 5.91 Å². The molecular formula is C18H28N2O2S. The van der Waals surface area contributed by atoms with E-state index in [1.54, 1.807) is 7.11 Å².